The van der Waals surface area contributed by atoms with E-state index in [0.717, 1.165) is 0 Å². The van der Waals surface area contributed by atoms with Gasteiger partial charge in [-0.05, 0) is 10.8 Å². The van der Waals surface area contributed by atoms with Crippen LogP contribution in [0.1, 0.15) is 0 Å². The first kappa shape index (κ1) is 11.0. The molecule has 0 atom stereocenters. The molecule has 0 unspecified atom stereocenters. The Balaban J connectivity index is 0.000000167. The van der Waals surface area contributed by atoms with Crippen LogP contribution in [0.25, 0.3) is 0 Å². The second-order valence-electron chi connectivity index (χ2n) is 1.52. The molecule has 0 aliphatic heterocycles. The van der Waals surface area contributed by atoms with Crippen LogP contribution in [0, 0.1) is 5.38 Å². The Morgan fingerprint density at radius 3 is 1.82 bits per heavy atom. The van der Waals surface area contributed by atoms with Crippen LogP contribution in [0.15, 0.2) is 40.4 Å². The van der Waals surface area contributed by atoms with Gasteiger partial charge >= 0.3 is 18.9 Å². The van der Waals surface area contributed by atoms with Gasteiger partial charge < -0.3 is 11.3 Å². The van der Waals surface area contributed by atoms with Gasteiger partial charge in [-0.15, -0.1) is 5.38 Å². The second kappa shape index (κ2) is 8.10. The summed E-state index contributed by atoms with van der Waals surface area (Å²) in [5, 5.41) is 8.97. The maximum absolute atomic E-state index is 2.90. The van der Waals surface area contributed by atoms with Gasteiger partial charge in [0, 0.05) is 0 Å². The molecule has 2 aromatic heterocycles. The van der Waals surface area contributed by atoms with Crippen molar-refractivity contribution < 1.29 is 18.9 Å². The fourth-order valence-electron chi connectivity index (χ4n) is 0.423. The largest absolute Gasteiger partial charge is 1.00 e. The Bertz CT molecular complexity index is 151. The molecule has 0 nitrogen and oxygen atoms in total. The molecule has 2 heterocycles. The average Bonchev–Trinajstić information content (AvgIpc) is 2.67. The van der Waals surface area contributed by atoms with Crippen LogP contribution in [0.2, 0.25) is 0 Å². The van der Waals surface area contributed by atoms with Gasteiger partial charge in [0.1, 0.15) is 0 Å². The van der Waals surface area contributed by atoms with E-state index in [1.165, 1.54) is 0 Å². The molecule has 0 aromatic carbocycles. The van der Waals surface area contributed by atoms with Crippen molar-refractivity contribution in [1.29, 1.82) is 0 Å². The molecular formula is C8H7LiS2. The molecule has 0 aliphatic rings. The third-order valence-electron chi connectivity index (χ3n) is 0.804. The van der Waals surface area contributed by atoms with Crippen molar-refractivity contribution in [3.8, 4) is 0 Å². The fraction of sp³-hybridized carbons (Fsp3) is 0. The maximum Gasteiger partial charge on any atom is 1.00 e. The Morgan fingerprint density at radius 1 is 0.909 bits per heavy atom. The van der Waals surface area contributed by atoms with E-state index >= 15 is 0 Å². The van der Waals surface area contributed by atoms with Crippen LogP contribution in [0.5, 0.6) is 0 Å². The van der Waals surface area contributed by atoms with Crippen molar-refractivity contribution in [2.45, 2.75) is 0 Å². The second-order valence-corrected chi connectivity index (χ2v) is 3.08. The molecule has 0 bridgehead atoms. The predicted octanol–water partition coefficient (Wildman–Crippen LogP) is 0.300. The standard InChI is InChI=1S/C4H4S.C4H3S.Li/c2*1-2-4-5-3-1;/h1-4H;1-3H;/q;-1;+1. The molecule has 0 aliphatic carbocycles. The van der Waals surface area contributed by atoms with Crippen molar-refractivity contribution in [2.75, 3.05) is 0 Å². The van der Waals surface area contributed by atoms with Gasteiger partial charge in [-0.1, -0.05) is 12.1 Å². The van der Waals surface area contributed by atoms with E-state index < -0.39 is 0 Å². The molecule has 0 spiro atoms. The van der Waals surface area contributed by atoms with E-state index in [2.05, 4.69) is 5.38 Å². The SMILES string of the molecule is [Li+].[c-]1cccs1.c1ccsc1. The van der Waals surface area contributed by atoms with Crippen LogP contribution in [0.4, 0.5) is 0 Å². The summed E-state index contributed by atoms with van der Waals surface area (Å²) in [6.07, 6.45) is 0. The molecule has 0 saturated heterocycles. The van der Waals surface area contributed by atoms with Crippen LogP contribution in [-0.4, -0.2) is 0 Å². The summed E-state index contributed by atoms with van der Waals surface area (Å²) in [4.78, 5) is 0. The average molecular weight is 174 g/mol. The number of thiophene rings is 2. The van der Waals surface area contributed by atoms with Crippen molar-refractivity contribution >= 4 is 22.7 Å². The van der Waals surface area contributed by atoms with Crippen molar-refractivity contribution in [2.24, 2.45) is 0 Å². The van der Waals surface area contributed by atoms with E-state index in [-0.39, 0.29) is 18.9 Å². The van der Waals surface area contributed by atoms with Crippen molar-refractivity contribution in [3.05, 3.63) is 45.8 Å². The van der Waals surface area contributed by atoms with Gasteiger partial charge in [0.05, 0.1) is 0 Å². The van der Waals surface area contributed by atoms with Gasteiger partial charge in [-0.2, -0.15) is 22.8 Å². The summed E-state index contributed by atoms with van der Waals surface area (Å²) in [6, 6.07) is 7.89. The van der Waals surface area contributed by atoms with E-state index in [0.29, 0.717) is 0 Å². The topological polar surface area (TPSA) is 0 Å². The number of hydrogen-bond acceptors (Lipinski definition) is 2. The zero-order valence-electron chi connectivity index (χ0n) is 6.36. The minimum absolute atomic E-state index is 0. The van der Waals surface area contributed by atoms with E-state index in [4.69, 9.17) is 0 Å². The third-order valence-corrected chi connectivity index (χ3v) is 2.00. The summed E-state index contributed by atoms with van der Waals surface area (Å²) in [7, 11) is 0. The molecule has 0 amide bonds. The monoisotopic (exact) mass is 174 g/mol. The molecule has 3 heteroatoms. The Morgan fingerprint density at radius 2 is 1.64 bits per heavy atom. The minimum atomic E-state index is 0. The van der Waals surface area contributed by atoms with Gasteiger partial charge in [0.15, 0.2) is 0 Å². The molecular weight excluding hydrogens is 167 g/mol. The van der Waals surface area contributed by atoms with Crippen LogP contribution in [-0.2, 0) is 0 Å². The molecule has 2 rings (SSSR count). The van der Waals surface area contributed by atoms with Crippen LogP contribution >= 0.6 is 22.7 Å². The normalized spacial score (nSPS) is 7.27. The van der Waals surface area contributed by atoms with Crippen molar-refractivity contribution in [3.63, 3.8) is 0 Å². The summed E-state index contributed by atoms with van der Waals surface area (Å²) in [5.74, 6) is 0. The zero-order valence-corrected chi connectivity index (χ0v) is 7.99. The zero-order chi connectivity index (χ0) is 7.07. The van der Waals surface area contributed by atoms with E-state index in [1.54, 1.807) is 22.7 Å². The maximum atomic E-state index is 2.90. The Kier molecular flexibility index (Phi) is 8.10. The van der Waals surface area contributed by atoms with Crippen LogP contribution < -0.4 is 18.9 Å². The Labute approximate surface area is 87.1 Å². The van der Waals surface area contributed by atoms with Crippen molar-refractivity contribution in [1.82, 2.24) is 0 Å². The molecule has 2 aromatic rings. The Hall–Kier alpha value is -0.00260. The van der Waals surface area contributed by atoms with E-state index in [1.807, 2.05) is 40.4 Å². The predicted molar refractivity (Wildman–Crippen MR) is 47.5 cm³/mol. The van der Waals surface area contributed by atoms with E-state index in [9.17, 15) is 0 Å². The third kappa shape index (κ3) is 6.40. The molecule has 11 heavy (non-hydrogen) atoms. The quantitative estimate of drug-likeness (QED) is 0.398. The summed E-state index contributed by atoms with van der Waals surface area (Å²) in [6.45, 7) is 0. The first-order valence-electron chi connectivity index (χ1n) is 2.87. The summed E-state index contributed by atoms with van der Waals surface area (Å²) < 4.78 is 0. The van der Waals surface area contributed by atoms with Gasteiger partial charge in [0.25, 0.3) is 0 Å². The first-order chi connectivity index (χ1) is 5.00. The first-order valence-corrected chi connectivity index (χ1v) is 4.69. The van der Waals surface area contributed by atoms with Gasteiger partial charge in [0.2, 0.25) is 0 Å². The molecule has 0 N–H and O–H groups in total. The molecule has 0 fully saturated rings. The summed E-state index contributed by atoms with van der Waals surface area (Å²) >= 11 is 3.30. The van der Waals surface area contributed by atoms with Crippen LogP contribution in [0.3, 0.4) is 0 Å². The van der Waals surface area contributed by atoms with Gasteiger partial charge in [-0.3, -0.25) is 0 Å². The fourth-order valence-corrected chi connectivity index (χ4v) is 1.27. The number of rotatable bonds is 0. The smallest absolute Gasteiger partial charge is 0.304 e. The molecule has 0 saturated carbocycles. The number of hydrogen-bond donors (Lipinski definition) is 0. The van der Waals surface area contributed by atoms with Gasteiger partial charge in [-0.25, -0.2) is 6.07 Å². The minimum Gasteiger partial charge on any atom is -0.304 e. The summed E-state index contributed by atoms with van der Waals surface area (Å²) in [5.41, 5.74) is 0. The molecule has 0 radical (unpaired) electrons. The molecule has 52 valence electrons.